The van der Waals surface area contributed by atoms with Gasteiger partial charge in [-0.2, -0.15) is 5.10 Å². The summed E-state index contributed by atoms with van der Waals surface area (Å²) in [5.41, 5.74) is 1.06. The van der Waals surface area contributed by atoms with Gasteiger partial charge >= 0.3 is 0 Å². The molecule has 0 aliphatic heterocycles. The lowest BCUT2D eigenvalue weighted by Gasteiger charge is -2.07. The van der Waals surface area contributed by atoms with Crippen molar-refractivity contribution in [2.24, 2.45) is 0 Å². The first-order chi connectivity index (χ1) is 12.1. The van der Waals surface area contributed by atoms with Gasteiger partial charge in [0.25, 0.3) is 5.91 Å². The molecular formula is C18H15ClFN3O2. The highest BCUT2D eigenvalue weighted by Crippen LogP contribution is 2.16. The van der Waals surface area contributed by atoms with Crippen molar-refractivity contribution in [3.05, 3.63) is 82.9 Å². The fraction of sp³-hybridized carbons (Fsp3) is 0.111. The van der Waals surface area contributed by atoms with E-state index in [1.54, 1.807) is 30.5 Å². The lowest BCUT2D eigenvalue weighted by molar-refractivity contribution is 0.0943. The van der Waals surface area contributed by atoms with Crippen LogP contribution in [0.5, 0.6) is 5.75 Å². The molecule has 0 radical (unpaired) electrons. The van der Waals surface area contributed by atoms with Gasteiger partial charge in [0, 0.05) is 17.8 Å². The number of halogens is 2. The van der Waals surface area contributed by atoms with E-state index in [4.69, 9.17) is 16.3 Å². The van der Waals surface area contributed by atoms with Gasteiger partial charge in [-0.05, 0) is 29.8 Å². The van der Waals surface area contributed by atoms with E-state index in [1.165, 1.54) is 16.8 Å². The Labute approximate surface area is 149 Å². The van der Waals surface area contributed by atoms with Crippen LogP contribution in [0, 0.1) is 5.82 Å². The molecule has 3 aromatic rings. The van der Waals surface area contributed by atoms with E-state index in [0.29, 0.717) is 11.6 Å². The average Bonchev–Trinajstić information content (AvgIpc) is 3.09. The summed E-state index contributed by atoms with van der Waals surface area (Å²) >= 11 is 6.05. The Balaban J connectivity index is 1.56. The molecule has 0 fully saturated rings. The Morgan fingerprint density at radius 3 is 2.72 bits per heavy atom. The van der Waals surface area contributed by atoms with Crippen molar-refractivity contribution in [1.29, 1.82) is 0 Å². The van der Waals surface area contributed by atoms with Crippen LogP contribution in [0.2, 0.25) is 5.02 Å². The second-order valence-electron chi connectivity index (χ2n) is 5.22. The molecule has 0 atom stereocenters. The van der Waals surface area contributed by atoms with Crippen LogP contribution in [0.3, 0.4) is 0 Å². The molecule has 1 amide bonds. The van der Waals surface area contributed by atoms with E-state index in [-0.39, 0.29) is 24.1 Å². The third-order valence-electron chi connectivity index (χ3n) is 3.46. The van der Waals surface area contributed by atoms with Crippen LogP contribution in [-0.2, 0) is 13.3 Å². The van der Waals surface area contributed by atoms with Crippen molar-refractivity contribution in [2.45, 2.75) is 13.3 Å². The molecule has 25 heavy (non-hydrogen) atoms. The zero-order chi connectivity index (χ0) is 17.6. The standard InChI is InChI=1S/C18H15ClFN3O2/c19-14-6-2-1-5-13(14)11-21-18(24)16-9-10-23(22-16)12-25-17-8-4-3-7-15(17)20/h1-10H,11-12H2,(H,21,24). The molecule has 1 heterocycles. The summed E-state index contributed by atoms with van der Waals surface area (Å²) in [5.74, 6) is -0.653. The maximum absolute atomic E-state index is 13.5. The summed E-state index contributed by atoms with van der Waals surface area (Å²) in [7, 11) is 0. The number of amides is 1. The number of para-hydroxylation sites is 1. The van der Waals surface area contributed by atoms with Gasteiger partial charge in [-0.3, -0.25) is 4.79 Å². The number of nitrogens with zero attached hydrogens (tertiary/aromatic N) is 2. The number of aromatic nitrogens is 2. The Morgan fingerprint density at radius 2 is 1.92 bits per heavy atom. The van der Waals surface area contributed by atoms with Gasteiger partial charge in [-0.15, -0.1) is 0 Å². The number of carbonyl (C=O) groups excluding carboxylic acids is 1. The molecule has 0 aliphatic rings. The summed E-state index contributed by atoms with van der Waals surface area (Å²) in [6, 6.07) is 14.9. The fourth-order valence-electron chi connectivity index (χ4n) is 2.16. The number of hydrogen-bond donors (Lipinski definition) is 1. The van der Waals surface area contributed by atoms with Crippen LogP contribution in [-0.4, -0.2) is 15.7 Å². The SMILES string of the molecule is O=C(NCc1ccccc1Cl)c1ccn(COc2ccccc2F)n1. The van der Waals surface area contributed by atoms with Crippen LogP contribution in [0.25, 0.3) is 0 Å². The van der Waals surface area contributed by atoms with Gasteiger partial charge in [0.05, 0.1) is 0 Å². The van der Waals surface area contributed by atoms with Crippen molar-refractivity contribution >= 4 is 17.5 Å². The largest absolute Gasteiger partial charge is 0.468 e. The second-order valence-corrected chi connectivity index (χ2v) is 5.63. The van der Waals surface area contributed by atoms with Gasteiger partial charge in [0.15, 0.2) is 18.3 Å². The van der Waals surface area contributed by atoms with Crippen molar-refractivity contribution in [1.82, 2.24) is 15.1 Å². The summed E-state index contributed by atoms with van der Waals surface area (Å²) in [6.45, 7) is 0.301. The predicted octanol–water partition coefficient (Wildman–Crippen LogP) is 3.64. The summed E-state index contributed by atoms with van der Waals surface area (Å²) in [4.78, 5) is 12.1. The lowest BCUT2D eigenvalue weighted by atomic mass is 10.2. The van der Waals surface area contributed by atoms with Crippen LogP contribution in [0.4, 0.5) is 4.39 Å². The van der Waals surface area contributed by atoms with E-state index < -0.39 is 5.82 Å². The topological polar surface area (TPSA) is 56.2 Å². The second kappa shape index (κ2) is 7.81. The van der Waals surface area contributed by atoms with Crippen LogP contribution < -0.4 is 10.1 Å². The summed E-state index contributed by atoms with van der Waals surface area (Å²) in [5, 5.41) is 7.46. The van der Waals surface area contributed by atoms with E-state index in [1.807, 2.05) is 18.2 Å². The van der Waals surface area contributed by atoms with Crippen molar-refractivity contribution in [3.8, 4) is 5.75 Å². The highest BCUT2D eigenvalue weighted by Gasteiger charge is 2.10. The fourth-order valence-corrected chi connectivity index (χ4v) is 2.36. The highest BCUT2D eigenvalue weighted by atomic mass is 35.5. The number of carbonyl (C=O) groups is 1. The molecule has 1 N–H and O–H groups in total. The molecule has 128 valence electrons. The first-order valence-electron chi connectivity index (χ1n) is 7.56. The first-order valence-corrected chi connectivity index (χ1v) is 7.93. The lowest BCUT2D eigenvalue weighted by Crippen LogP contribution is -2.23. The third kappa shape index (κ3) is 4.36. The van der Waals surface area contributed by atoms with E-state index >= 15 is 0 Å². The smallest absolute Gasteiger partial charge is 0.272 e. The molecule has 2 aromatic carbocycles. The molecule has 0 unspecified atom stereocenters. The molecular weight excluding hydrogens is 345 g/mol. The molecule has 3 rings (SSSR count). The Bertz CT molecular complexity index is 882. The van der Waals surface area contributed by atoms with Crippen LogP contribution in [0.15, 0.2) is 60.8 Å². The van der Waals surface area contributed by atoms with Crippen molar-refractivity contribution in [2.75, 3.05) is 0 Å². The molecule has 0 saturated carbocycles. The van der Waals surface area contributed by atoms with E-state index in [9.17, 15) is 9.18 Å². The summed E-state index contributed by atoms with van der Waals surface area (Å²) in [6.07, 6.45) is 1.59. The molecule has 0 saturated heterocycles. The molecule has 0 aliphatic carbocycles. The zero-order valence-corrected chi connectivity index (χ0v) is 13.9. The van der Waals surface area contributed by atoms with Crippen molar-refractivity contribution in [3.63, 3.8) is 0 Å². The normalized spacial score (nSPS) is 10.5. The number of nitrogens with one attached hydrogen (secondary N) is 1. The van der Waals surface area contributed by atoms with Gasteiger partial charge in [-0.25, -0.2) is 9.07 Å². The number of hydrogen-bond acceptors (Lipinski definition) is 3. The first kappa shape index (κ1) is 17.0. The molecule has 5 nitrogen and oxygen atoms in total. The Hall–Kier alpha value is -2.86. The van der Waals surface area contributed by atoms with Gasteiger partial charge < -0.3 is 10.1 Å². The average molecular weight is 360 g/mol. The quantitative estimate of drug-likeness (QED) is 0.731. The minimum atomic E-state index is -0.452. The third-order valence-corrected chi connectivity index (χ3v) is 3.83. The van der Waals surface area contributed by atoms with Crippen LogP contribution >= 0.6 is 11.6 Å². The minimum absolute atomic E-state index is 0.00126. The molecule has 0 spiro atoms. The van der Waals surface area contributed by atoms with Crippen LogP contribution in [0.1, 0.15) is 16.1 Å². The predicted molar refractivity (Wildman–Crippen MR) is 91.9 cm³/mol. The van der Waals surface area contributed by atoms with E-state index in [2.05, 4.69) is 10.4 Å². The molecule has 7 heteroatoms. The highest BCUT2D eigenvalue weighted by molar-refractivity contribution is 6.31. The summed E-state index contributed by atoms with van der Waals surface area (Å²) < 4.78 is 20.2. The number of benzene rings is 2. The number of rotatable bonds is 6. The minimum Gasteiger partial charge on any atom is -0.468 e. The van der Waals surface area contributed by atoms with Gasteiger partial charge in [0.1, 0.15) is 5.69 Å². The molecule has 0 bridgehead atoms. The maximum atomic E-state index is 13.5. The Morgan fingerprint density at radius 1 is 1.16 bits per heavy atom. The molecule has 1 aromatic heterocycles. The maximum Gasteiger partial charge on any atom is 0.272 e. The Kier molecular flexibility index (Phi) is 5.30. The van der Waals surface area contributed by atoms with E-state index in [0.717, 1.165) is 5.56 Å². The zero-order valence-electron chi connectivity index (χ0n) is 13.2. The van der Waals surface area contributed by atoms with Gasteiger partial charge in [-0.1, -0.05) is 41.9 Å². The van der Waals surface area contributed by atoms with Gasteiger partial charge in [0.2, 0.25) is 0 Å². The monoisotopic (exact) mass is 359 g/mol. The number of ether oxygens (including phenoxy) is 1. The van der Waals surface area contributed by atoms with Crippen molar-refractivity contribution < 1.29 is 13.9 Å².